The molecular weight excluding hydrogens is 242 g/mol. The van der Waals surface area contributed by atoms with Crippen LogP contribution in [-0.4, -0.2) is 18.0 Å². The standard InChI is InChI=1S/C10H20BrN3/c1-3-5-14(6-4-2)9(8-12)7-10(11)13/h7-8H,3-6,12-13H2,1-2H3/b9-8+,10-7-. The molecular formula is C10H20BrN3. The van der Waals surface area contributed by atoms with Crippen LogP contribution in [0.2, 0.25) is 0 Å². The fourth-order valence-electron chi connectivity index (χ4n) is 1.30. The van der Waals surface area contributed by atoms with Crippen molar-refractivity contribution in [2.24, 2.45) is 11.5 Å². The van der Waals surface area contributed by atoms with Gasteiger partial charge in [0.25, 0.3) is 0 Å². The highest BCUT2D eigenvalue weighted by atomic mass is 79.9. The van der Waals surface area contributed by atoms with E-state index in [0.717, 1.165) is 31.6 Å². The monoisotopic (exact) mass is 261 g/mol. The Morgan fingerprint density at radius 2 is 1.79 bits per heavy atom. The fraction of sp³-hybridized carbons (Fsp3) is 0.600. The molecule has 0 saturated heterocycles. The van der Waals surface area contributed by atoms with Gasteiger partial charge < -0.3 is 16.4 Å². The van der Waals surface area contributed by atoms with Crippen LogP contribution in [0, 0.1) is 0 Å². The Morgan fingerprint density at radius 3 is 2.07 bits per heavy atom. The van der Waals surface area contributed by atoms with E-state index in [2.05, 4.69) is 34.7 Å². The first kappa shape index (κ1) is 13.4. The molecule has 0 spiro atoms. The summed E-state index contributed by atoms with van der Waals surface area (Å²) in [6.45, 7) is 6.32. The van der Waals surface area contributed by atoms with Crippen molar-refractivity contribution in [2.45, 2.75) is 26.7 Å². The van der Waals surface area contributed by atoms with Crippen molar-refractivity contribution in [1.29, 1.82) is 0 Å². The zero-order valence-electron chi connectivity index (χ0n) is 8.96. The van der Waals surface area contributed by atoms with Crippen LogP contribution in [0.15, 0.2) is 22.6 Å². The Hall–Kier alpha value is -0.640. The summed E-state index contributed by atoms with van der Waals surface area (Å²) in [5, 5.41) is 0. The molecule has 0 fully saturated rings. The summed E-state index contributed by atoms with van der Waals surface area (Å²) in [4.78, 5) is 2.23. The van der Waals surface area contributed by atoms with Gasteiger partial charge in [0.1, 0.15) is 0 Å². The molecule has 0 rings (SSSR count). The number of allylic oxidation sites excluding steroid dienone is 1. The molecule has 0 aliphatic carbocycles. The van der Waals surface area contributed by atoms with E-state index in [1.807, 2.05) is 6.08 Å². The van der Waals surface area contributed by atoms with Crippen molar-refractivity contribution < 1.29 is 0 Å². The van der Waals surface area contributed by atoms with E-state index in [0.29, 0.717) is 4.61 Å². The molecule has 4 heteroatoms. The molecule has 0 heterocycles. The molecule has 0 atom stereocenters. The van der Waals surface area contributed by atoms with Crippen LogP contribution in [0.3, 0.4) is 0 Å². The van der Waals surface area contributed by atoms with Crippen molar-refractivity contribution >= 4 is 15.9 Å². The number of rotatable bonds is 6. The largest absolute Gasteiger partial charge is 0.403 e. The average molecular weight is 262 g/mol. The maximum Gasteiger partial charge on any atom is 0.0775 e. The Bertz CT molecular complexity index is 201. The smallest absolute Gasteiger partial charge is 0.0775 e. The van der Waals surface area contributed by atoms with Gasteiger partial charge in [-0.2, -0.15) is 0 Å². The molecule has 4 N–H and O–H groups in total. The lowest BCUT2D eigenvalue weighted by molar-refractivity contribution is 0.354. The fourth-order valence-corrected chi connectivity index (χ4v) is 1.53. The van der Waals surface area contributed by atoms with Crippen LogP contribution < -0.4 is 11.5 Å². The minimum Gasteiger partial charge on any atom is -0.403 e. The molecule has 0 amide bonds. The topological polar surface area (TPSA) is 55.3 Å². The normalized spacial score (nSPS) is 13.1. The van der Waals surface area contributed by atoms with Crippen molar-refractivity contribution in [1.82, 2.24) is 4.90 Å². The maximum atomic E-state index is 5.56. The molecule has 0 aromatic carbocycles. The molecule has 0 aliphatic heterocycles. The highest BCUT2D eigenvalue weighted by Gasteiger charge is 2.04. The highest BCUT2D eigenvalue weighted by molar-refractivity contribution is 9.11. The van der Waals surface area contributed by atoms with Crippen molar-refractivity contribution in [3.63, 3.8) is 0 Å². The molecule has 0 aliphatic rings. The van der Waals surface area contributed by atoms with E-state index in [1.54, 1.807) is 6.20 Å². The first-order valence-electron chi connectivity index (χ1n) is 4.95. The minimum atomic E-state index is 0.603. The number of hydrogen-bond acceptors (Lipinski definition) is 3. The summed E-state index contributed by atoms with van der Waals surface area (Å²) in [7, 11) is 0. The van der Waals surface area contributed by atoms with Gasteiger partial charge >= 0.3 is 0 Å². The molecule has 3 nitrogen and oxygen atoms in total. The second-order valence-electron chi connectivity index (χ2n) is 3.11. The summed E-state index contributed by atoms with van der Waals surface area (Å²) in [6, 6.07) is 0. The third kappa shape index (κ3) is 5.17. The van der Waals surface area contributed by atoms with Gasteiger partial charge in [-0.05, 0) is 34.8 Å². The highest BCUT2D eigenvalue weighted by Crippen LogP contribution is 2.10. The van der Waals surface area contributed by atoms with E-state index >= 15 is 0 Å². The number of halogens is 1. The zero-order valence-corrected chi connectivity index (χ0v) is 10.5. The number of nitrogens with zero attached hydrogens (tertiary/aromatic N) is 1. The Morgan fingerprint density at radius 1 is 1.29 bits per heavy atom. The summed E-state index contributed by atoms with van der Waals surface area (Å²) in [6.07, 6.45) is 5.64. The summed E-state index contributed by atoms with van der Waals surface area (Å²) >= 11 is 3.20. The van der Waals surface area contributed by atoms with Gasteiger partial charge in [-0.15, -0.1) is 0 Å². The van der Waals surface area contributed by atoms with Crippen LogP contribution in [0.4, 0.5) is 0 Å². The Labute approximate surface area is 95.0 Å². The minimum absolute atomic E-state index is 0.603. The van der Waals surface area contributed by atoms with E-state index in [-0.39, 0.29) is 0 Å². The van der Waals surface area contributed by atoms with Crippen molar-refractivity contribution in [3.8, 4) is 0 Å². The summed E-state index contributed by atoms with van der Waals surface area (Å²) < 4.78 is 0.603. The third-order valence-corrected chi connectivity index (χ3v) is 2.04. The van der Waals surface area contributed by atoms with Crippen LogP contribution in [0.25, 0.3) is 0 Å². The lowest BCUT2D eigenvalue weighted by Crippen LogP contribution is -2.25. The van der Waals surface area contributed by atoms with Gasteiger partial charge in [0, 0.05) is 19.3 Å². The molecule has 0 saturated carbocycles. The van der Waals surface area contributed by atoms with Crippen molar-refractivity contribution in [2.75, 3.05) is 13.1 Å². The van der Waals surface area contributed by atoms with Gasteiger partial charge in [0.05, 0.1) is 10.3 Å². The third-order valence-electron chi connectivity index (χ3n) is 1.81. The molecule has 0 aromatic rings. The van der Waals surface area contributed by atoms with E-state index in [9.17, 15) is 0 Å². The van der Waals surface area contributed by atoms with Gasteiger partial charge in [0.15, 0.2) is 0 Å². The SMILES string of the molecule is CCCN(CCC)C(/C=C(\N)Br)=C/N. The van der Waals surface area contributed by atoms with Crippen LogP contribution in [0.1, 0.15) is 26.7 Å². The zero-order chi connectivity index (χ0) is 11.0. The maximum absolute atomic E-state index is 5.56. The second kappa shape index (κ2) is 7.74. The van der Waals surface area contributed by atoms with Crippen LogP contribution in [-0.2, 0) is 0 Å². The van der Waals surface area contributed by atoms with E-state index in [1.165, 1.54) is 0 Å². The van der Waals surface area contributed by atoms with Gasteiger partial charge in [0.2, 0.25) is 0 Å². The molecule has 82 valence electrons. The molecule has 0 bridgehead atoms. The predicted octanol–water partition coefficient (Wildman–Crippen LogP) is 2.10. The predicted molar refractivity (Wildman–Crippen MR) is 65.6 cm³/mol. The van der Waals surface area contributed by atoms with Gasteiger partial charge in [-0.25, -0.2) is 0 Å². The van der Waals surface area contributed by atoms with Crippen molar-refractivity contribution in [3.05, 3.63) is 22.6 Å². The van der Waals surface area contributed by atoms with Crippen LogP contribution >= 0.6 is 15.9 Å². The lowest BCUT2D eigenvalue weighted by Gasteiger charge is -2.24. The molecule has 0 radical (unpaired) electrons. The number of hydrogen-bond donors (Lipinski definition) is 2. The summed E-state index contributed by atoms with van der Waals surface area (Å²) in [5.41, 5.74) is 12.1. The summed E-state index contributed by atoms with van der Waals surface area (Å²) in [5.74, 6) is 0. The van der Waals surface area contributed by atoms with Gasteiger partial charge in [-0.3, -0.25) is 0 Å². The second-order valence-corrected chi connectivity index (χ2v) is 4.02. The first-order valence-corrected chi connectivity index (χ1v) is 5.74. The van der Waals surface area contributed by atoms with Gasteiger partial charge in [-0.1, -0.05) is 13.8 Å². The molecule has 14 heavy (non-hydrogen) atoms. The lowest BCUT2D eigenvalue weighted by atomic mass is 10.3. The quantitative estimate of drug-likeness (QED) is 0.569. The van der Waals surface area contributed by atoms with E-state index < -0.39 is 0 Å². The van der Waals surface area contributed by atoms with Crippen LogP contribution in [0.5, 0.6) is 0 Å². The average Bonchev–Trinajstić information content (AvgIpc) is 2.13. The van der Waals surface area contributed by atoms with E-state index in [4.69, 9.17) is 11.5 Å². The Kier molecular flexibility index (Phi) is 7.38. The Balaban J connectivity index is 4.51. The molecule has 0 aromatic heterocycles. The number of nitrogens with two attached hydrogens (primary N) is 2. The first-order chi connectivity index (χ1) is 6.65. The molecule has 0 unspecified atom stereocenters.